The number of para-hydroxylation sites is 1. The lowest BCUT2D eigenvalue weighted by atomic mass is 10.0. The van der Waals surface area contributed by atoms with Crippen LogP contribution in [0.25, 0.3) is 17.0 Å². The van der Waals surface area contributed by atoms with Crippen molar-refractivity contribution in [2.24, 2.45) is 0 Å². The number of halogens is 2. The first-order valence-electron chi connectivity index (χ1n) is 9.88. The Balaban J connectivity index is 1.61. The Kier molecular flexibility index (Phi) is 4.77. The van der Waals surface area contributed by atoms with E-state index >= 15 is 0 Å². The first kappa shape index (κ1) is 19.2. The quantitative estimate of drug-likeness (QED) is 0.316. The fourth-order valence-corrected chi connectivity index (χ4v) is 4.63. The van der Waals surface area contributed by atoms with Gasteiger partial charge < -0.3 is 4.57 Å². The van der Waals surface area contributed by atoms with Crippen LogP contribution in [0.4, 0.5) is 0 Å². The molecule has 5 rings (SSSR count). The highest BCUT2D eigenvalue weighted by Crippen LogP contribution is 2.33. The van der Waals surface area contributed by atoms with Gasteiger partial charge in [0.25, 0.3) is 0 Å². The molecule has 4 aromatic rings. The highest BCUT2D eigenvalue weighted by atomic mass is 35.5. The third-order valence-electron chi connectivity index (χ3n) is 5.86. The molecule has 2 nitrogen and oxygen atoms in total. The number of fused-ring (bicyclic) bond motifs is 2. The second-order valence-corrected chi connectivity index (χ2v) is 8.50. The Hall–Kier alpha value is -2.81. The van der Waals surface area contributed by atoms with Crippen molar-refractivity contribution in [3.8, 4) is 0 Å². The molecule has 1 aromatic heterocycles. The Morgan fingerprint density at radius 2 is 1.73 bits per heavy atom. The highest BCUT2D eigenvalue weighted by Gasteiger charge is 2.25. The van der Waals surface area contributed by atoms with E-state index in [0.717, 1.165) is 44.4 Å². The van der Waals surface area contributed by atoms with Gasteiger partial charge in [-0.05, 0) is 42.3 Å². The molecular formula is C26H19Cl2NO. The number of carbonyl (C=O) groups is 1. The maximum absolute atomic E-state index is 12.9. The molecule has 1 aliphatic carbocycles. The lowest BCUT2D eigenvalue weighted by Crippen LogP contribution is -2.02. The molecule has 1 heterocycles. The smallest absolute Gasteiger partial charge is 0.189 e. The molecule has 1 aliphatic rings. The second-order valence-electron chi connectivity index (χ2n) is 7.68. The van der Waals surface area contributed by atoms with Crippen LogP contribution in [0, 0.1) is 6.92 Å². The van der Waals surface area contributed by atoms with E-state index in [2.05, 4.69) is 29.7 Å². The topological polar surface area (TPSA) is 22.0 Å². The summed E-state index contributed by atoms with van der Waals surface area (Å²) < 4.78 is 2.27. The number of hydrogen-bond donors (Lipinski definition) is 0. The summed E-state index contributed by atoms with van der Waals surface area (Å²) >= 11 is 12.3. The molecule has 0 aliphatic heterocycles. The zero-order valence-electron chi connectivity index (χ0n) is 16.5. The fourth-order valence-electron chi connectivity index (χ4n) is 4.31. The number of hydrogen-bond acceptors (Lipinski definition) is 1. The molecule has 3 aromatic carbocycles. The zero-order chi connectivity index (χ0) is 20.8. The van der Waals surface area contributed by atoms with Crippen molar-refractivity contribution in [2.45, 2.75) is 19.9 Å². The lowest BCUT2D eigenvalue weighted by Gasteiger charge is -2.10. The Bertz CT molecular complexity index is 1350. The van der Waals surface area contributed by atoms with Crippen molar-refractivity contribution in [1.29, 1.82) is 0 Å². The molecule has 0 amide bonds. The maximum atomic E-state index is 12.9. The Morgan fingerprint density at radius 1 is 0.967 bits per heavy atom. The lowest BCUT2D eigenvalue weighted by molar-refractivity contribution is 0.104. The van der Waals surface area contributed by atoms with Gasteiger partial charge in [-0.15, -0.1) is 0 Å². The number of aromatic nitrogens is 1. The van der Waals surface area contributed by atoms with Crippen LogP contribution in [0.2, 0.25) is 10.0 Å². The van der Waals surface area contributed by atoms with E-state index in [9.17, 15) is 4.79 Å². The molecule has 4 heteroatoms. The van der Waals surface area contributed by atoms with Crippen LogP contribution in [0.15, 0.2) is 72.3 Å². The van der Waals surface area contributed by atoms with E-state index in [-0.39, 0.29) is 5.78 Å². The average Bonchev–Trinajstić information content (AvgIpc) is 3.21. The minimum absolute atomic E-state index is 0.131. The van der Waals surface area contributed by atoms with E-state index < -0.39 is 0 Å². The summed E-state index contributed by atoms with van der Waals surface area (Å²) in [4.78, 5) is 12.9. The van der Waals surface area contributed by atoms with Crippen LogP contribution in [-0.4, -0.2) is 10.4 Å². The van der Waals surface area contributed by atoms with Gasteiger partial charge in [-0.25, -0.2) is 0 Å². The van der Waals surface area contributed by atoms with Gasteiger partial charge in [0.05, 0.1) is 10.0 Å². The molecule has 0 spiro atoms. The van der Waals surface area contributed by atoms with E-state index in [1.807, 2.05) is 54.6 Å². The van der Waals surface area contributed by atoms with E-state index in [1.54, 1.807) is 0 Å². The van der Waals surface area contributed by atoms with Gasteiger partial charge in [0.1, 0.15) is 0 Å². The van der Waals surface area contributed by atoms with Crippen molar-refractivity contribution in [3.05, 3.63) is 110 Å². The molecular weight excluding hydrogens is 413 g/mol. The van der Waals surface area contributed by atoms with Gasteiger partial charge in [-0.2, -0.15) is 0 Å². The number of ketones is 1. The highest BCUT2D eigenvalue weighted by molar-refractivity contribution is 6.42. The standard InChI is InChI=1S/C26H19Cl2NO/c1-16-22(14-19-13-18-6-2-3-7-20(18)26(19)30)21-8-4-5-9-25(21)29(16)15-17-10-11-23(27)24(28)12-17/h2-12,14H,13,15H2,1H3/b19-14+. The molecule has 0 radical (unpaired) electrons. The summed E-state index contributed by atoms with van der Waals surface area (Å²) in [6, 6.07) is 21.9. The summed E-state index contributed by atoms with van der Waals surface area (Å²) in [6.07, 6.45) is 2.76. The Labute approximate surface area is 185 Å². The molecule has 0 N–H and O–H groups in total. The monoisotopic (exact) mass is 431 g/mol. The van der Waals surface area contributed by atoms with Gasteiger partial charge >= 0.3 is 0 Å². The van der Waals surface area contributed by atoms with Gasteiger partial charge in [-0.3, -0.25) is 4.79 Å². The number of rotatable bonds is 3. The first-order valence-corrected chi connectivity index (χ1v) is 10.6. The molecule has 0 atom stereocenters. The summed E-state index contributed by atoms with van der Waals surface area (Å²) in [5, 5.41) is 2.26. The molecule has 0 saturated carbocycles. The van der Waals surface area contributed by atoms with E-state index in [1.165, 1.54) is 0 Å². The first-order chi connectivity index (χ1) is 14.5. The van der Waals surface area contributed by atoms with E-state index in [0.29, 0.717) is 23.0 Å². The SMILES string of the molecule is Cc1c(/C=C2\Cc3ccccc3C2=O)c2ccccc2n1Cc1ccc(Cl)c(Cl)c1. The van der Waals surface area contributed by atoms with Crippen molar-refractivity contribution in [3.63, 3.8) is 0 Å². The summed E-state index contributed by atoms with van der Waals surface area (Å²) in [5.41, 5.74) is 7.21. The number of benzene rings is 3. The predicted molar refractivity (Wildman–Crippen MR) is 125 cm³/mol. The maximum Gasteiger partial charge on any atom is 0.189 e. The summed E-state index contributed by atoms with van der Waals surface area (Å²) in [6.45, 7) is 2.79. The van der Waals surface area contributed by atoms with Crippen molar-refractivity contribution >= 4 is 46.0 Å². The minimum atomic E-state index is 0.131. The van der Waals surface area contributed by atoms with Gasteiger partial charge in [0, 0.05) is 46.3 Å². The van der Waals surface area contributed by atoms with Crippen LogP contribution in [-0.2, 0) is 13.0 Å². The fraction of sp³-hybridized carbons (Fsp3) is 0.115. The van der Waals surface area contributed by atoms with Crippen LogP contribution < -0.4 is 0 Å². The van der Waals surface area contributed by atoms with E-state index in [4.69, 9.17) is 23.2 Å². The minimum Gasteiger partial charge on any atom is -0.340 e. The molecule has 0 saturated heterocycles. The summed E-state index contributed by atoms with van der Waals surface area (Å²) in [5.74, 6) is 0.131. The van der Waals surface area contributed by atoms with Crippen molar-refractivity contribution in [1.82, 2.24) is 4.57 Å². The van der Waals surface area contributed by atoms with Crippen LogP contribution in [0.3, 0.4) is 0 Å². The number of Topliss-reactive ketones (excluding diaryl/α,β-unsaturated/α-hetero) is 1. The molecule has 0 fully saturated rings. The van der Waals surface area contributed by atoms with Gasteiger partial charge in [0.2, 0.25) is 0 Å². The second kappa shape index (κ2) is 7.46. The molecule has 0 bridgehead atoms. The van der Waals surface area contributed by atoms with Crippen LogP contribution in [0.5, 0.6) is 0 Å². The largest absolute Gasteiger partial charge is 0.340 e. The van der Waals surface area contributed by atoms with Gasteiger partial charge in [0.15, 0.2) is 5.78 Å². The number of nitrogens with zero attached hydrogens (tertiary/aromatic N) is 1. The van der Waals surface area contributed by atoms with Gasteiger partial charge in [-0.1, -0.05) is 71.7 Å². The molecule has 30 heavy (non-hydrogen) atoms. The molecule has 148 valence electrons. The van der Waals surface area contributed by atoms with Crippen molar-refractivity contribution in [2.75, 3.05) is 0 Å². The van der Waals surface area contributed by atoms with Crippen LogP contribution in [0.1, 0.15) is 32.7 Å². The average molecular weight is 432 g/mol. The normalized spacial score (nSPS) is 14.6. The van der Waals surface area contributed by atoms with Crippen molar-refractivity contribution < 1.29 is 4.79 Å². The zero-order valence-corrected chi connectivity index (χ0v) is 18.0. The summed E-state index contributed by atoms with van der Waals surface area (Å²) in [7, 11) is 0. The molecule has 0 unspecified atom stereocenters. The van der Waals surface area contributed by atoms with Crippen LogP contribution >= 0.6 is 23.2 Å². The third kappa shape index (κ3) is 3.17. The number of allylic oxidation sites excluding steroid dienone is 1. The third-order valence-corrected chi connectivity index (χ3v) is 6.60. The predicted octanol–water partition coefficient (Wildman–Crippen LogP) is 7.13. The Morgan fingerprint density at radius 3 is 2.53 bits per heavy atom. The number of carbonyl (C=O) groups excluding carboxylic acids is 1.